The summed E-state index contributed by atoms with van der Waals surface area (Å²) in [5.74, 6) is 0. The predicted octanol–water partition coefficient (Wildman–Crippen LogP) is 9.32. The van der Waals surface area contributed by atoms with E-state index in [1.807, 2.05) is 43.5 Å². The third-order valence-corrected chi connectivity index (χ3v) is 8.65. The van der Waals surface area contributed by atoms with Gasteiger partial charge in [0.15, 0.2) is 0 Å². The molecule has 0 unspecified atom stereocenters. The molecule has 0 amide bonds. The van der Waals surface area contributed by atoms with Crippen LogP contribution in [0.2, 0.25) is 0 Å². The number of hydrogen-bond donors (Lipinski definition) is 0. The van der Waals surface area contributed by atoms with Gasteiger partial charge >= 0.3 is 20.1 Å². The molecule has 4 nitrogen and oxygen atoms in total. The van der Waals surface area contributed by atoms with Crippen molar-refractivity contribution in [2.24, 2.45) is 0 Å². The largest absolute Gasteiger partial charge is 3.00 e. The van der Waals surface area contributed by atoms with E-state index in [0.717, 1.165) is 36.3 Å². The van der Waals surface area contributed by atoms with Crippen molar-refractivity contribution in [1.82, 2.24) is 14.0 Å². The van der Waals surface area contributed by atoms with Crippen LogP contribution in [0.25, 0.3) is 66.1 Å². The molecule has 0 aliphatic rings. The van der Waals surface area contributed by atoms with E-state index >= 15 is 0 Å². The van der Waals surface area contributed by atoms with Crippen LogP contribution in [-0.2, 0) is 26.7 Å². The van der Waals surface area contributed by atoms with Crippen LogP contribution in [0.5, 0.6) is 0 Å². The van der Waals surface area contributed by atoms with Gasteiger partial charge in [-0.05, 0) is 30.7 Å². The van der Waals surface area contributed by atoms with Gasteiger partial charge in [0.2, 0.25) is 6.33 Å². The number of para-hydroxylation sites is 4. The maximum Gasteiger partial charge on any atom is 3.00 e. The van der Waals surface area contributed by atoms with Gasteiger partial charge in [0.1, 0.15) is 0 Å². The number of pyridine rings is 1. The molecule has 0 spiro atoms. The van der Waals surface area contributed by atoms with Crippen LogP contribution in [0, 0.1) is 25.4 Å². The molecule has 0 saturated heterocycles. The third kappa shape index (κ3) is 4.97. The number of nitrogens with zero attached hydrogens (tertiary/aromatic N) is 4. The van der Waals surface area contributed by atoms with E-state index in [1.54, 1.807) is 0 Å². The van der Waals surface area contributed by atoms with Gasteiger partial charge in [-0.25, -0.2) is 0 Å². The van der Waals surface area contributed by atoms with Crippen molar-refractivity contribution in [1.29, 1.82) is 0 Å². The van der Waals surface area contributed by atoms with Crippen LogP contribution in [0.1, 0.15) is 25.3 Å². The van der Waals surface area contributed by atoms with Crippen molar-refractivity contribution in [3.8, 4) is 16.9 Å². The summed E-state index contributed by atoms with van der Waals surface area (Å²) < 4.78 is 6.89. The van der Waals surface area contributed by atoms with Crippen molar-refractivity contribution in [2.45, 2.75) is 33.2 Å². The van der Waals surface area contributed by atoms with Crippen LogP contribution >= 0.6 is 0 Å². The van der Waals surface area contributed by atoms with Gasteiger partial charge in [-0.1, -0.05) is 108 Å². The zero-order valence-corrected chi connectivity index (χ0v) is 28.2. The van der Waals surface area contributed by atoms with Crippen molar-refractivity contribution >= 4 is 49.1 Å². The summed E-state index contributed by atoms with van der Waals surface area (Å²) in [7, 11) is 0. The Hall–Kier alpha value is -4.83. The number of aromatic nitrogens is 4. The second-order valence-corrected chi connectivity index (χ2v) is 11.6. The number of hydrogen-bond acceptors (Lipinski definition) is 1. The molecule has 46 heavy (non-hydrogen) atoms. The van der Waals surface area contributed by atoms with Gasteiger partial charge in [-0.3, -0.25) is 0 Å². The average molecular weight is 773 g/mol. The average Bonchev–Trinajstić information content (AvgIpc) is 3.76. The number of unbranched alkanes of at least 4 members (excludes halogenated alkanes) is 1. The minimum Gasteiger partial charge on any atom is -0.341 e. The van der Waals surface area contributed by atoms with Gasteiger partial charge < -0.3 is 18.5 Å². The summed E-state index contributed by atoms with van der Waals surface area (Å²) in [4.78, 5) is 4.32. The monoisotopic (exact) mass is 773 g/mol. The van der Waals surface area contributed by atoms with E-state index < -0.39 is 0 Å². The first kappa shape index (κ1) is 29.9. The quantitative estimate of drug-likeness (QED) is 0.127. The van der Waals surface area contributed by atoms with Gasteiger partial charge in [0.25, 0.3) is 0 Å². The Morgan fingerprint density at radius 2 is 1.50 bits per heavy atom. The molecule has 0 saturated carbocycles. The summed E-state index contributed by atoms with van der Waals surface area (Å²) >= 11 is 0. The van der Waals surface area contributed by atoms with Crippen molar-refractivity contribution in [2.75, 3.05) is 0 Å². The molecule has 5 heteroatoms. The Bertz CT molecular complexity index is 2420. The van der Waals surface area contributed by atoms with Gasteiger partial charge in [0, 0.05) is 22.5 Å². The molecule has 4 aromatic heterocycles. The van der Waals surface area contributed by atoms with Crippen molar-refractivity contribution in [3.05, 3.63) is 145 Å². The fraction of sp³-hybridized carbons (Fsp3) is 0.122. The minimum atomic E-state index is 0. The summed E-state index contributed by atoms with van der Waals surface area (Å²) in [5, 5.41) is 5.12. The maximum absolute atomic E-state index is 4.32. The Morgan fingerprint density at radius 3 is 2.30 bits per heavy atom. The molecule has 0 radical (unpaired) electrons. The summed E-state index contributed by atoms with van der Waals surface area (Å²) in [6, 6.07) is 46.9. The van der Waals surface area contributed by atoms with Crippen LogP contribution in [0.15, 0.2) is 121 Å². The predicted molar refractivity (Wildman–Crippen MR) is 184 cm³/mol. The number of imidazole rings is 1. The molecular formula is C41H32IrN4+. The minimum absolute atomic E-state index is 0. The first-order chi connectivity index (χ1) is 22.2. The van der Waals surface area contributed by atoms with Gasteiger partial charge in [-0.15, -0.1) is 42.0 Å². The molecule has 9 aromatic rings. The molecule has 5 aromatic carbocycles. The summed E-state index contributed by atoms with van der Waals surface area (Å²) in [6.45, 7) is 5.24. The Labute approximate surface area is 282 Å². The van der Waals surface area contributed by atoms with E-state index in [9.17, 15) is 0 Å². The number of fused-ring (bicyclic) bond motifs is 7. The summed E-state index contributed by atoms with van der Waals surface area (Å²) in [5.41, 5.74) is 10.4. The number of aryl methyl sites for hydroxylation is 2. The molecule has 4 heterocycles. The molecule has 0 N–H and O–H groups in total. The molecule has 0 bridgehead atoms. The van der Waals surface area contributed by atoms with E-state index in [0.29, 0.717) is 0 Å². The zero-order valence-electron chi connectivity index (χ0n) is 25.8. The molecule has 224 valence electrons. The van der Waals surface area contributed by atoms with Crippen molar-refractivity contribution in [3.63, 3.8) is 0 Å². The van der Waals surface area contributed by atoms with E-state index in [4.69, 9.17) is 0 Å². The number of rotatable bonds is 5. The van der Waals surface area contributed by atoms with Crippen LogP contribution < -0.4 is 4.57 Å². The fourth-order valence-electron chi connectivity index (χ4n) is 6.52. The van der Waals surface area contributed by atoms with Crippen LogP contribution in [0.4, 0.5) is 0 Å². The zero-order chi connectivity index (χ0) is 30.3. The van der Waals surface area contributed by atoms with E-state index in [-0.39, 0.29) is 20.1 Å². The molecule has 0 atom stereocenters. The van der Waals surface area contributed by atoms with Gasteiger partial charge in [0.05, 0.1) is 23.1 Å². The molecular weight excluding hydrogens is 741 g/mol. The Morgan fingerprint density at radius 1 is 0.717 bits per heavy atom. The van der Waals surface area contributed by atoms with Crippen LogP contribution in [0.3, 0.4) is 0 Å². The smallest absolute Gasteiger partial charge is 0.341 e. The Balaban J connectivity index is 0.000000204. The van der Waals surface area contributed by atoms with E-state index in [1.165, 1.54) is 54.7 Å². The van der Waals surface area contributed by atoms with Crippen molar-refractivity contribution < 1.29 is 24.7 Å². The second kappa shape index (κ2) is 12.5. The first-order valence-corrected chi connectivity index (χ1v) is 15.6. The summed E-state index contributed by atoms with van der Waals surface area (Å²) in [6.07, 6.45) is 7.83. The fourth-order valence-corrected chi connectivity index (χ4v) is 6.52. The molecule has 9 rings (SSSR count). The SMILES string of the molecule is CCCC[n+]1[c-]n(-c2[c-]ccc3c2c2cccc4c5ccccc5n3c42)c2ccccc21.Cc1ccc(-c2[c-]cccc2)nc1.[Ir+3]. The standard InChI is InChI=1S/C29H22N3.C12H10N.Ir/c1-2-3-18-30-19-31(25-15-7-6-14-24(25)30)26-16-9-17-27-28(26)22-12-8-11-21-20-10-4-5-13-23(20)32(27)29(21)22;1-10-7-8-12(13-9-10)11-5-3-2-4-6-11;/h4-15,17H,2-3,18H2,1H3;2-5,7-9H,1H3;/q2*-1;+3. The number of benzene rings is 5. The van der Waals surface area contributed by atoms with E-state index in [2.05, 4.69) is 129 Å². The normalized spacial score (nSPS) is 11.3. The van der Waals surface area contributed by atoms with Crippen LogP contribution in [-0.4, -0.2) is 14.0 Å². The second-order valence-electron chi connectivity index (χ2n) is 11.6. The molecule has 0 aliphatic heterocycles. The van der Waals surface area contributed by atoms with Gasteiger partial charge in [-0.2, -0.15) is 12.1 Å². The Kier molecular flexibility index (Phi) is 8.12. The topological polar surface area (TPSA) is 26.1 Å². The molecule has 0 aliphatic carbocycles. The third-order valence-electron chi connectivity index (χ3n) is 8.65. The molecule has 0 fully saturated rings. The maximum atomic E-state index is 4.32. The first-order valence-electron chi connectivity index (χ1n) is 15.6.